The van der Waals surface area contributed by atoms with Gasteiger partial charge in [-0.1, -0.05) is 6.42 Å². The maximum atomic E-state index is 11.8. The summed E-state index contributed by atoms with van der Waals surface area (Å²) in [7, 11) is 1.83. The first-order valence-corrected chi connectivity index (χ1v) is 5.48. The van der Waals surface area contributed by atoms with Crippen LogP contribution in [-0.2, 0) is 7.05 Å². The highest BCUT2D eigenvalue weighted by Crippen LogP contribution is 2.39. The van der Waals surface area contributed by atoms with Crippen LogP contribution in [0, 0.1) is 16.7 Å². The lowest BCUT2D eigenvalue weighted by Gasteiger charge is -2.35. The highest BCUT2D eigenvalue weighted by molar-refractivity contribution is 5.92. The lowest BCUT2D eigenvalue weighted by atomic mass is 9.70. The zero-order chi connectivity index (χ0) is 11.6. The highest BCUT2D eigenvalue weighted by atomic mass is 16.1. The van der Waals surface area contributed by atoms with Crippen molar-refractivity contribution in [1.82, 2.24) is 9.88 Å². The second-order valence-corrected chi connectivity index (χ2v) is 4.43. The Balaban J connectivity index is 1.94. The van der Waals surface area contributed by atoms with E-state index < -0.39 is 0 Å². The minimum atomic E-state index is -0.305. The molecule has 16 heavy (non-hydrogen) atoms. The molecular formula is C12H15N3O. The van der Waals surface area contributed by atoms with E-state index in [1.807, 2.05) is 19.3 Å². The minimum Gasteiger partial charge on any atom is -0.349 e. The number of nitrogens with one attached hydrogen (secondary N) is 1. The predicted molar refractivity (Wildman–Crippen MR) is 59.6 cm³/mol. The molecule has 1 aliphatic rings. The van der Waals surface area contributed by atoms with Crippen LogP contribution in [-0.4, -0.2) is 17.0 Å². The largest absolute Gasteiger partial charge is 0.349 e. The summed E-state index contributed by atoms with van der Waals surface area (Å²) in [6.45, 7) is 0.466. The van der Waals surface area contributed by atoms with Crippen molar-refractivity contribution in [2.75, 3.05) is 6.54 Å². The van der Waals surface area contributed by atoms with E-state index in [9.17, 15) is 4.79 Å². The summed E-state index contributed by atoms with van der Waals surface area (Å²) in [6.07, 6.45) is 4.72. The predicted octanol–water partition coefficient (Wildman–Crippen LogP) is 1.45. The van der Waals surface area contributed by atoms with Gasteiger partial charge in [0.25, 0.3) is 5.91 Å². The summed E-state index contributed by atoms with van der Waals surface area (Å²) < 4.78 is 1.77. The number of aromatic nitrogens is 1. The summed E-state index contributed by atoms with van der Waals surface area (Å²) >= 11 is 0. The molecule has 84 valence electrons. The summed E-state index contributed by atoms with van der Waals surface area (Å²) in [4.78, 5) is 11.8. The third kappa shape index (κ3) is 1.81. The minimum absolute atomic E-state index is 0.103. The molecule has 0 aromatic carbocycles. The van der Waals surface area contributed by atoms with Crippen molar-refractivity contribution in [3.63, 3.8) is 0 Å². The molecule has 1 saturated carbocycles. The molecule has 0 radical (unpaired) electrons. The van der Waals surface area contributed by atoms with Gasteiger partial charge in [0.2, 0.25) is 0 Å². The van der Waals surface area contributed by atoms with Gasteiger partial charge in [0.05, 0.1) is 11.5 Å². The van der Waals surface area contributed by atoms with Gasteiger partial charge >= 0.3 is 0 Å². The van der Waals surface area contributed by atoms with Gasteiger partial charge in [-0.15, -0.1) is 0 Å². The average molecular weight is 217 g/mol. The standard InChI is InChI=1S/C12H15N3O/c1-15-7-2-4-10(15)11(16)14-9-12(8-13)5-3-6-12/h2,4,7H,3,5-6,9H2,1H3,(H,14,16). The molecule has 0 atom stereocenters. The number of nitriles is 1. The van der Waals surface area contributed by atoms with E-state index in [1.165, 1.54) is 0 Å². The summed E-state index contributed by atoms with van der Waals surface area (Å²) in [5.41, 5.74) is 0.327. The molecule has 1 aliphatic carbocycles. The van der Waals surface area contributed by atoms with E-state index in [-0.39, 0.29) is 11.3 Å². The molecule has 1 N–H and O–H groups in total. The maximum absolute atomic E-state index is 11.8. The van der Waals surface area contributed by atoms with Gasteiger partial charge in [0.15, 0.2) is 0 Å². The van der Waals surface area contributed by atoms with Gasteiger partial charge in [-0.25, -0.2) is 0 Å². The second-order valence-electron chi connectivity index (χ2n) is 4.43. The fraction of sp³-hybridized carbons (Fsp3) is 0.500. The van der Waals surface area contributed by atoms with E-state index in [0.29, 0.717) is 12.2 Å². The van der Waals surface area contributed by atoms with Crippen molar-refractivity contribution in [2.45, 2.75) is 19.3 Å². The van der Waals surface area contributed by atoms with Crippen LogP contribution >= 0.6 is 0 Å². The molecule has 1 amide bonds. The average Bonchev–Trinajstić information content (AvgIpc) is 2.63. The highest BCUT2D eigenvalue weighted by Gasteiger charge is 2.37. The van der Waals surface area contributed by atoms with E-state index in [0.717, 1.165) is 19.3 Å². The van der Waals surface area contributed by atoms with Crippen LogP contribution in [0.15, 0.2) is 18.3 Å². The maximum Gasteiger partial charge on any atom is 0.267 e. The quantitative estimate of drug-likeness (QED) is 0.833. The molecule has 4 nitrogen and oxygen atoms in total. The lowest BCUT2D eigenvalue weighted by Crippen LogP contribution is -2.41. The topological polar surface area (TPSA) is 57.8 Å². The Hall–Kier alpha value is -1.76. The Labute approximate surface area is 94.9 Å². The van der Waals surface area contributed by atoms with Crippen LogP contribution in [0.5, 0.6) is 0 Å². The van der Waals surface area contributed by atoms with Crippen LogP contribution < -0.4 is 5.32 Å². The number of carbonyl (C=O) groups excluding carboxylic acids is 1. The molecule has 0 saturated heterocycles. The van der Waals surface area contributed by atoms with Crippen molar-refractivity contribution in [1.29, 1.82) is 5.26 Å². The Morgan fingerprint density at radius 2 is 2.44 bits per heavy atom. The van der Waals surface area contributed by atoms with Crippen LogP contribution in [0.1, 0.15) is 29.8 Å². The number of amides is 1. The number of carbonyl (C=O) groups is 1. The molecule has 4 heteroatoms. The Bertz CT molecular complexity index is 437. The molecule has 0 aliphatic heterocycles. The Kier molecular flexibility index (Phi) is 2.69. The molecule has 0 bridgehead atoms. The van der Waals surface area contributed by atoms with Gasteiger partial charge in [0.1, 0.15) is 5.69 Å². The molecule has 0 unspecified atom stereocenters. The molecule has 1 aromatic heterocycles. The second kappa shape index (κ2) is 4.01. The Morgan fingerprint density at radius 1 is 1.69 bits per heavy atom. The molecule has 1 heterocycles. The first kappa shape index (κ1) is 10.7. The van der Waals surface area contributed by atoms with Gasteiger partial charge in [0, 0.05) is 19.8 Å². The van der Waals surface area contributed by atoms with Crippen molar-refractivity contribution < 1.29 is 4.79 Å². The lowest BCUT2D eigenvalue weighted by molar-refractivity contribution is 0.0911. The summed E-state index contributed by atoms with van der Waals surface area (Å²) in [6, 6.07) is 5.91. The van der Waals surface area contributed by atoms with Crippen LogP contribution in [0.4, 0.5) is 0 Å². The van der Waals surface area contributed by atoms with Gasteiger partial charge in [-0.3, -0.25) is 4.79 Å². The van der Waals surface area contributed by atoms with Crippen molar-refractivity contribution >= 4 is 5.91 Å². The number of rotatable bonds is 3. The number of nitrogens with zero attached hydrogens (tertiary/aromatic N) is 2. The first-order chi connectivity index (χ1) is 7.67. The smallest absolute Gasteiger partial charge is 0.267 e. The van der Waals surface area contributed by atoms with E-state index in [2.05, 4.69) is 11.4 Å². The van der Waals surface area contributed by atoms with E-state index in [4.69, 9.17) is 5.26 Å². The molecule has 1 aromatic rings. The monoisotopic (exact) mass is 217 g/mol. The summed E-state index contributed by atoms with van der Waals surface area (Å²) in [5, 5.41) is 11.9. The molecule has 0 spiro atoms. The number of hydrogen-bond donors (Lipinski definition) is 1. The van der Waals surface area contributed by atoms with Gasteiger partial charge in [-0.2, -0.15) is 5.26 Å². The number of hydrogen-bond acceptors (Lipinski definition) is 2. The zero-order valence-corrected chi connectivity index (χ0v) is 9.36. The van der Waals surface area contributed by atoms with Crippen LogP contribution in [0.2, 0.25) is 0 Å². The third-order valence-electron chi connectivity index (χ3n) is 3.31. The first-order valence-electron chi connectivity index (χ1n) is 5.48. The Morgan fingerprint density at radius 3 is 2.88 bits per heavy atom. The van der Waals surface area contributed by atoms with Crippen molar-refractivity contribution in [3.8, 4) is 6.07 Å². The fourth-order valence-electron chi connectivity index (χ4n) is 1.97. The number of aryl methyl sites for hydroxylation is 1. The van der Waals surface area contributed by atoms with Gasteiger partial charge < -0.3 is 9.88 Å². The third-order valence-corrected chi connectivity index (χ3v) is 3.31. The van der Waals surface area contributed by atoms with Gasteiger partial charge in [-0.05, 0) is 25.0 Å². The van der Waals surface area contributed by atoms with Crippen molar-refractivity contribution in [3.05, 3.63) is 24.0 Å². The fourth-order valence-corrected chi connectivity index (χ4v) is 1.97. The van der Waals surface area contributed by atoms with Crippen LogP contribution in [0.3, 0.4) is 0 Å². The van der Waals surface area contributed by atoms with E-state index >= 15 is 0 Å². The molecule has 1 fully saturated rings. The summed E-state index contributed by atoms with van der Waals surface area (Å²) in [5.74, 6) is -0.103. The van der Waals surface area contributed by atoms with E-state index in [1.54, 1.807) is 10.6 Å². The zero-order valence-electron chi connectivity index (χ0n) is 9.36. The molecule has 2 rings (SSSR count). The SMILES string of the molecule is Cn1cccc1C(=O)NCC1(C#N)CCC1. The van der Waals surface area contributed by atoms with Crippen LogP contribution in [0.25, 0.3) is 0 Å². The molecular weight excluding hydrogens is 202 g/mol. The normalized spacial score (nSPS) is 17.2. The van der Waals surface area contributed by atoms with Crippen molar-refractivity contribution in [2.24, 2.45) is 12.5 Å².